The van der Waals surface area contributed by atoms with Crippen LogP contribution in [0, 0.1) is 0 Å². The molecule has 4 aromatic rings. The summed E-state index contributed by atoms with van der Waals surface area (Å²) in [6, 6.07) is 21.0. The molecule has 1 amide bonds. The minimum absolute atomic E-state index is 0.139. The second-order valence-electron chi connectivity index (χ2n) is 6.73. The van der Waals surface area contributed by atoms with Crippen LogP contribution in [0.5, 0.6) is 0 Å². The standard InChI is InChI=1S/C23H20N4OS/c1-27(2)19-11-9-16(10-12-19)22(28)25-18-7-5-6-17(14-18)21-15-29-23(26-21)20-8-3-4-13-24-20/h3-15H,1-2H3,(H,25,28). The number of amides is 1. The normalized spacial score (nSPS) is 10.6. The van der Waals surface area contributed by atoms with Gasteiger partial charge in [-0.15, -0.1) is 11.3 Å². The average Bonchev–Trinajstić information content (AvgIpc) is 3.25. The Labute approximate surface area is 173 Å². The van der Waals surface area contributed by atoms with Crippen LogP contribution in [0.15, 0.2) is 78.3 Å². The average molecular weight is 401 g/mol. The summed E-state index contributed by atoms with van der Waals surface area (Å²) in [5, 5.41) is 5.84. The second kappa shape index (κ2) is 8.24. The van der Waals surface area contributed by atoms with Crippen molar-refractivity contribution in [3.05, 3.63) is 83.9 Å². The fourth-order valence-electron chi connectivity index (χ4n) is 2.88. The summed E-state index contributed by atoms with van der Waals surface area (Å²) in [7, 11) is 3.94. The third-order valence-corrected chi connectivity index (χ3v) is 5.32. The van der Waals surface area contributed by atoms with E-state index in [0.717, 1.165) is 33.3 Å². The molecule has 144 valence electrons. The third kappa shape index (κ3) is 4.33. The maximum absolute atomic E-state index is 12.6. The largest absolute Gasteiger partial charge is 0.378 e. The van der Waals surface area contributed by atoms with Crippen LogP contribution in [0.4, 0.5) is 11.4 Å². The molecule has 0 aliphatic rings. The van der Waals surface area contributed by atoms with E-state index >= 15 is 0 Å². The smallest absolute Gasteiger partial charge is 0.255 e. The van der Waals surface area contributed by atoms with E-state index in [9.17, 15) is 4.79 Å². The summed E-state index contributed by atoms with van der Waals surface area (Å²) < 4.78 is 0. The Kier molecular flexibility index (Phi) is 5.35. The van der Waals surface area contributed by atoms with Crippen molar-refractivity contribution >= 4 is 28.6 Å². The number of anilines is 2. The fourth-order valence-corrected chi connectivity index (χ4v) is 3.69. The van der Waals surface area contributed by atoms with Crippen LogP contribution < -0.4 is 10.2 Å². The number of nitrogens with one attached hydrogen (secondary N) is 1. The van der Waals surface area contributed by atoms with Gasteiger partial charge in [0.2, 0.25) is 0 Å². The van der Waals surface area contributed by atoms with E-state index in [-0.39, 0.29) is 5.91 Å². The van der Waals surface area contributed by atoms with Gasteiger partial charge < -0.3 is 10.2 Å². The van der Waals surface area contributed by atoms with E-state index in [1.807, 2.05) is 91.1 Å². The lowest BCUT2D eigenvalue weighted by Crippen LogP contribution is -2.13. The number of carbonyl (C=O) groups is 1. The lowest BCUT2D eigenvalue weighted by Gasteiger charge is -2.12. The molecule has 1 N–H and O–H groups in total. The monoisotopic (exact) mass is 400 g/mol. The maximum Gasteiger partial charge on any atom is 0.255 e. The van der Waals surface area contributed by atoms with Gasteiger partial charge in [0.25, 0.3) is 5.91 Å². The summed E-state index contributed by atoms with van der Waals surface area (Å²) >= 11 is 1.55. The molecule has 0 aliphatic heterocycles. The molecule has 0 atom stereocenters. The van der Waals surface area contributed by atoms with E-state index in [1.165, 1.54) is 0 Å². The number of hydrogen-bond donors (Lipinski definition) is 1. The van der Waals surface area contributed by atoms with Crippen LogP contribution in [-0.4, -0.2) is 30.0 Å². The molecule has 6 heteroatoms. The van der Waals surface area contributed by atoms with Crippen LogP contribution in [0.3, 0.4) is 0 Å². The Morgan fingerprint density at radius 3 is 2.52 bits per heavy atom. The Hall–Kier alpha value is -3.51. The van der Waals surface area contributed by atoms with E-state index in [0.29, 0.717) is 5.56 Å². The zero-order chi connectivity index (χ0) is 20.2. The molecule has 0 bridgehead atoms. The van der Waals surface area contributed by atoms with E-state index in [2.05, 4.69) is 10.3 Å². The first-order chi connectivity index (χ1) is 14.1. The predicted molar refractivity (Wildman–Crippen MR) is 120 cm³/mol. The molecule has 2 aromatic carbocycles. The molecule has 0 spiro atoms. The Morgan fingerprint density at radius 1 is 0.966 bits per heavy atom. The maximum atomic E-state index is 12.6. The van der Waals surface area contributed by atoms with E-state index in [4.69, 9.17) is 4.98 Å². The molecular weight excluding hydrogens is 380 g/mol. The molecule has 0 aliphatic carbocycles. The van der Waals surface area contributed by atoms with Crippen molar-refractivity contribution in [3.8, 4) is 22.0 Å². The van der Waals surface area contributed by atoms with Crippen LogP contribution in [0.2, 0.25) is 0 Å². The Morgan fingerprint density at radius 2 is 1.79 bits per heavy atom. The SMILES string of the molecule is CN(C)c1ccc(C(=O)Nc2cccc(-c3csc(-c4ccccn4)n3)c2)cc1. The van der Waals surface area contributed by atoms with Crippen molar-refractivity contribution in [1.82, 2.24) is 9.97 Å². The molecule has 2 heterocycles. The first-order valence-electron chi connectivity index (χ1n) is 9.16. The van der Waals surface area contributed by atoms with Crippen LogP contribution in [-0.2, 0) is 0 Å². The zero-order valence-electron chi connectivity index (χ0n) is 16.2. The Balaban J connectivity index is 1.52. The van der Waals surface area contributed by atoms with Gasteiger partial charge in [-0.05, 0) is 48.5 Å². The topological polar surface area (TPSA) is 58.1 Å². The van der Waals surface area contributed by atoms with Crippen LogP contribution >= 0.6 is 11.3 Å². The van der Waals surface area contributed by atoms with Crippen molar-refractivity contribution in [3.63, 3.8) is 0 Å². The minimum Gasteiger partial charge on any atom is -0.378 e. The molecule has 29 heavy (non-hydrogen) atoms. The molecule has 4 rings (SSSR count). The molecule has 0 unspecified atom stereocenters. The van der Waals surface area contributed by atoms with Crippen LogP contribution in [0.25, 0.3) is 22.0 Å². The molecular formula is C23H20N4OS. The Bertz CT molecular complexity index is 1120. The van der Waals surface area contributed by atoms with Gasteiger partial charge in [-0.1, -0.05) is 18.2 Å². The van der Waals surface area contributed by atoms with Gasteiger partial charge in [-0.2, -0.15) is 0 Å². The summed E-state index contributed by atoms with van der Waals surface area (Å²) in [6.07, 6.45) is 1.76. The number of benzene rings is 2. The number of nitrogens with zero attached hydrogens (tertiary/aromatic N) is 3. The first-order valence-corrected chi connectivity index (χ1v) is 10.0. The van der Waals surface area contributed by atoms with Gasteiger partial charge in [0.1, 0.15) is 5.01 Å². The van der Waals surface area contributed by atoms with Crippen molar-refractivity contribution < 1.29 is 4.79 Å². The highest BCUT2D eigenvalue weighted by molar-refractivity contribution is 7.13. The number of aromatic nitrogens is 2. The lowest BCUT2D eigenvalue weighted by atomic mass is 10.1. The van der Waals surface area contributed by atoms with Gasteiger partial charge in [-0.3, -0.25) is 9.78 Å². The number of rotatable bonds is 5. The first kappa shape index (κ1) is 18.8. The summed E-state index contributed by atoms with van der Waals surface area (Å²) in [5.41, 5.74) is 5.07. The minimum atomic E-state index is -0.139. The highest BCUT2D eigenvalue weighted by atomic mass is 32.1. The number of thiazole rings is 1. The highest BCUT2D eigenvalue weighted by Crippen LogP contribution is 2.29. The number of pyridine rings is 1. The van der Waals surface area contributed by atoms with Crippen molar-refractivity contribution in [2.75, 3.05) is 24.3 Å². The van der Waals surface area contributed by atoms with Gasteiger partial charge in [0, 0.05) is 48.2 Å². The molecule has 5 nitrogen and oxygen atoms in total. The molecule has 0 radical (unpaired) electrons. The molecule has 0 fully saturated rings. The van der Waals surface area contributed by atoms with Gasteiger partial charge in [-0.25, -0.2) is 4.98 Å². The molecule has 0 saturated heterocycles. The summed E-state index contributed by atoms with van der Waals surface area (Å²) in [4.78, 5) is 23.6. The van der Waals surface area contributed by atoms with E-state index < -0.39 is 0 Å². The fraction of sp³-hybridized carbons (Fsp3) is 0.0870. The quantitative estimate of drug-likeness (QED) is 0.501. The van der Waals surface area contributed by atoms with E-state index in [1.54, 1.807) is 17.5 Å². The number of carbonyl (C=O) groups excluding carboxylic acids is 1. The van der Waals surface area contributed by atoms with Gasteiger partial charge in [0.15, 0.2) is 0 Å². The summed E-state index contributed by atoms with van der Waals surface area (Å²) in [5.74, 6) is -0.139. The van der Waals surface area contributed by atoms with Gasteiger partial charge in [0.05, 0.1) is 11.4 Å². The third-order valence-electron chi connectivity index (χ3n) is 4.45. The van der Waals surface area contributed by atoms with Crippen molar-refractivity contribution in [2.24, 2.45) is 0 Å². The number of hydrogen-bond acceptors (Lipinski definition) is 5. The second-order valence-corrected chi connectivity index (χ2v) is 7.59. The molecule has 2 aromatic heterocycles. The zero-order valence-corrected chi connectivity index (χ0v) is 17.0. The summed E-state index contributed by atoms with van der Waals surface area (Å²) in [6.45, 7) is 0. The van der Waals surface area contributed by atoms with Crippen molar-refractivity contribution in [1.29, 1.82) is 0 Å². The lowest BCUT2D eigenvalue weighted by molar-refractivity contribution is 0.102. The highest BCUT2D eigenvalue weighted by Gasteiger charge is 2.10. The van der Waals surface area contributed by atoms with Gasteiger partial charge >= 0.3 is 0 Å². The van der Waals surface area contributed by atoms with Crippen LogP contribution in [0.1, 0.15) is 10.4 Å². The predicted octanol–water partition coefficient (Wildman–Crippen LogP) is 5.19. The molecule has 0 saturated carbocycles. The van der Waals surface area contributed by atoms with Crippen molar-refractivity contribution in [2.45, 2.75) is 0 Å².